The molecule has 2 unspecified atom stereocenters. The molecule has 1 saturated carbocycles. The first kappa shape index (κ1) is 14.4. The summed E-state index contributed by atoms with van der Waals surface area (Å²) in [6.45, 7) is 5.42. The molecule has 6 heteroatoms. The Kier molecular flexibility index (Phi) is 3.51. The second kappa shape index (κ2) is 5.84. The molecule has 0 aromatic carbocycles. The summed E-state index contributed by atoms with van der Waals surface area (Å²) >= 11 is 0. The van der Waals surface area contributed by atoms with Crippen molar-refractivity contribution >= 4 is 5.82 Å². The van der Waals surface area contributed by atoms with Crippen LogP contribution in [0, 0.1) is 11.8 Å². The van der Waals surface area contributed by atoms with Gasteiger partial charge in [-0.05, 0) is 24.7 Å². The quantitative estimate of drug-likeness (QED) is 0.860. The zero-order valence-corrected chi connectivity index (χ0v) is 13.8. The molecule has 4 heterocycles. The highest BCUT2D eigenvalue weighted by atomic mass is 16.5. The van der Waals surface area contributed by atoms with Gasteiger partial charge in [-0.2, -0.15) is 0 Å². The van der Waals surface area contributed by atoms with Crippen LogP contribution in [0.15, 0.2) is 29.2 Å². The first-order valence-corrected chi connectivity index (χ1v) is 9.03. The number of aromatic nitrogens is 3. The van der Waals surface area contributed by atoms with E-state index in [9.17, 15) is 0 Å². The lowest BCUT2D eigenvalue weighted by atomic mass is 9.83. The van der Waals surface area contributed by atoms with Gasteiger partial charge in [-0.3, -0.25) is 4.90 Å². The zero-order valence-electron chi connectivity index (χ0n) is 13.8. The molecule has 126 valence electrons. The van der Waals surface area contributed by atoms with Gasteiger partial charge >= 0.3 is 0 Å². The SMILES string of the molecule is c1nc(C2CCC2)cc(N2CC3CN(Cc4ccon4)CC3C2)n1. The first-order valence-electron chi connectivity index (χ1n) is 9.03. The molecule has 3 aliphatic rings. The Morgan fingerprint density at radius 3 is 2.58 bits per heavy atom. The smallest absolute Gasteiger partial charge is 0.132 e. The van der Waals surface area contributed by atoms with Gasteiger partial charge in [0.2, 0.25) is 0 Å². The Balaban J connectivity index is 1.23. The van der Waals surface area contributed by atoms with Crippen molar-refractivity contribution in [2.24, 2.45) is 11.8 Å². The second-order valence-corrected chi connectivity index (χ2v) is 7.54. The summed E-state index contributed by atoms with van der Waals surface area (Å²) in [5.74, 6) is 3.27. The van der Waals surface area contributed by atoms with Crippen LogP contribution >= 0.6 is 0 Å². The summed E-state index contributed by atoms with van der Waals surface area (Å²) in [7, 11) is 0. The van der Waals surface area contributed by atoms with Crippen LogP contribution in [0.25, 0.3) is 0 Å². The lowest BCUT2D eigenvalue weighted by Gasteiger charge is -2.26. The molecule has 2 aromatic heterocycles. The van der Waals surface area contributed by atoms with E-state index in [4.69, 9.17) is 4.52 Å². The van der Waals surface area contributed by atoms with Gasteiger partial charge in [-0.15, -0.1) is 0 Å². The minimum absolute atomic E-state index is 0.673. The molecule has 2 saturated heterocycles. The fraction of sp³-hybridized carbons (Fsp3) is 0.611. The van der Waals surface area contributed by atoms with E-state index >= 15 is 0 Å². The molecule has 0 N–H and O–H groups in total. The van der Waals surface area contributed by atoms with Crippen LogP contribution < -0.4 is 4.90 Å². The molecular formula is C18H23N5O. The number of fused-ring (bicyclic) bond motifs is 1. The van der Waals surface area contributed by atoms with Crippen LogP contribution in [0.1, 0.15) is 36.6 Å². The van der Waals surface area contributed by atoms with Crippen molar-refractivity contribution in [3.05, 3.63) is 36.1 Å². The van der Waals surface area contributed by atoms with E-state index in [1.54, 1.807) is 12.6 Å². The van der Waals surface area contributed by atoms with E-state index in [0.717, 1.165) is 56.1 Å². The predicted octanol–water partition coefficient (Wildman–Crippen LogP) is 2.30. The van der Waals surface area contributed by atoms with Gasteiger partial charge in [0.1, 0.15) is 18.4 Å². The molecular weight excluding hydrogens is 302 g/mol. The molecule has 5 rings (SSSR count). The first-order chi connectivity index (χ1) is 11.8. The highest BCUT2D eigenvalue weighted by Crippen LogP contribution is 2.37. The molecule has 2 aromatic rings. The van der Waals surface area contributed by atoms with Crippen molar-refractivity contribution in [3.63, 3.8) is 0 Å². The largest absolute Gasteiger partial charge is 0.364 e. The fourth-order valence-corrected chi connectivity index (χ4v) is 4.42. The molecule has 24 heavy (non-hydrogen) atoms. The van der Waals surface area contributed by atoms with Crippen LogP contribution in [0.3, 0.4) is 0 Å². The monoisotopic (exact) mass is 325 g/mol. The summed E-state index contributed by atoms with van der Waals surface area (Å²) in [6.07, 6.45) is 7.34. The van der Waals surface area contributed by atoms with Gasteiger partial charge in [-0.1, -0.05) is 11.6 Å². The molecule has 0 amide bonds. The molecule has 6 nitrogen and oxygen atoms in total. The number of rotatable bonds is 4. The average Bonchev–Trinajstić information content (AvgIpc) is 3.22. The molecule has 2 atom stereocenters. The lowest BCUT2D eigenvalue weighted by Crippen LogP contribution is -2.29. The number of hydrogen-bond donors (Lipinski definition) is 0. The van der Waals surface area contributed by atoms with Crippen molar-refractivity contribution in [2.45, 2.75) is 31.7 Å². The van der Waals surface area contributed by atoms with E-state index in [1.165, 1.54) is 25.0 Å². The maximum Gasteiger partial charge on any atom is 0.132 e. The van der Waals surface area contributed by atoms with E-state index in [1.807, 2.05) is 6.07 Å². The highest BCUT2D eigenvalue weighted by molar-refractivity contribution is 5.42. The van der Waals surface area contributed by atoms with Crippen LogP contribution in [-0.4, -0.2) is 46.2 Å². The van der Waals surface area contributed by atoms with Crippen molar-refractivity contribution in [3.8, 4) is 0 Å². The van der Waals surface area contributed by atoms with Crippen LogP contribution in [0.5, 0.6) is 0 Å². The molecule has 0 bridgehead atoms. The van der Waals surface area contributed by atoms with Gasteiger partial charge < -0.3 is 9.42 Å². The van der Waals surface area contributed by atoms with Crippen molar-refractivity contribution in [2.75, 3.05) is 31.1 Å². The van der Waals surface area contributed by atoms with Gasteiger partial charge in [-0.25, -0.2) is 9.97 Å². The minimum Gasteiger partial charge on any atom is -0.364 e. The van der Waals surface area contributed by atoms with Gasteiger partial charge in [0.25, 0.3) is 0 Å². The van der Waals surface area contributed by atoms with Crippen LogP contribution in [-0.2, 0) is 6.54 Å². The van der Waals surface area contributed by atoms with E-state index in [2.05, 4.69) is 31.0 Å². The molecule has 0 spiro atoms. The summed E-state index contributed by atoms with van der Waals surface area (Å²) in [6, 6.07) is 4.20. The topological polar surface area (TPSA) is 58.3 Å². The van der Waals surface area contributed by atoms with Gasteiger partial charge in [0.05, 0.1) is 5.69 Å². The molecule has 0 radical (unpaired) electrons. The zero-order chi connectivity index (χ0) is 15.9. The third kappa shape index (κ3) is 2.59. The highest BCUT2D eigenvalue weighted by Gasteiger charge is 2.40. The second-order valence-electron chi connectivity index (χ2n) is 7.54. The van der Waals surface area contributed by atoms with Crippen LogP contribution in [0.2, 0.25) is 0 Å². The third-order valence-corrected chi connectivity index (χ3v) is 5.96. The standard InChI is InChI=1S/C18H23N5O/c1-2-13(3-1)17-6-18(20-12-19-17)23-9-14-7-22(8-15(14)10-23)11-16-4-5-24-21-16/h4-6,12-15H,1-3,7-11H2. The van der Waals surface area contributed by atoms with Crippen molar-refractivity contribution < 1.29 is 4.52 Å². The Hall–Kier alpha value is -1.95. The van der Waals surface area contributed by atoms with Crippen LogP contribution in [0.4, 0.5) is 5.82 Å². The number of nitrogens with zero attached hydrogens (tertiary/aromatic N) is 5. The van der Waals surface area contributed by atoms with Gasteiger partial charge in [0.15, 0.2) is 0 Å². The van der Waals surface area contributed by atoms with Crippen molar-refractivity contribution in [1.82, 2.24) is 20.0 Å². The number of anilines is 1. The number of hydrogen-bond acceptors (Lipinski definition) is 6. The lowest BCUT2D eigenvalue weighted by molar-refractivity contribution is 0.295. The molecule has 3 fully saturated rings. The Morgan fingerprint density at radius 1 is 1.08 bits per heavy atom. The summed E-state index contributed by atoms with van der Waals surface area (Å²) in [4.78, 5) is 14.0. The average molecular weight is 325 g/mol. The molecule has 2 aliphatic heterocycles. The normalized spacial score (nSPS) is 27.4. The van der Waals surface area contributed by atoms with E-state index in [0.29, 0.717) is 5.92 Å². The number of likely N-dealkylation sites (tertiary alicyclic amines) is 1. The summed E-state index contributed by atoms with van der Waals surface area (Å²) < 4.78 is 4.94. The maximum absolute atomic E-state index is 4.94. The van der Waals surface area contributed by atoms with Crippen molar-refractivity contribution in [1.29, 1.82) is 0 Å². The molecule has 1 aliphatic carbocycles. The Morgan fingerprint density at radius 2 is 1.92 bits per heavy atom. The Bertz CT molecular complexity index is 685. The minimum atomic E-state index is 0.673. The summed E-state index contributed by atoms with van der Waals surface area (Å²) in [5, 5.41) is 4.03. The fourth-order valence-electron chi connectivity index (χ4n) is 4.42. The third-order valence-electron chi connectivity index (χ3n) is 5.96. The van der Waals surface area contributed by atoms with Gasteiger partial charge in [0, 0.05) is 56.5 Å². The van der Waals surface area contributed by atoms with E-state index < -0.39 is 0 Å². The predicted molar refractivity (Wildman–Crippen MR) is 89.6 cm³/mol. The van der Waals surface area contributed by atoms with E-state index in [-0.39, 0.29) is 0 Å². The maximum atomic E-state index is 4.94. The summed E-state index contributed by atoms with van der Waals surface area (Å²) in [5.41, 5.74) is 2.28. The Labute approximate surface area is 141 Å².